The highest BCUT2D eigenvalue weighted by Crippen LogP contribution is 2.39. The Balaban J connectivity index is 1.43. The van der Waals surface area contributed by atoms with Crippen LogP contribution in [-0.2, 0) is 22.5 Å². The van der Waals surface area contributed by atoms with Gasteiger partial charge in [0.05, 0.1) is 29.1 Å². The van der Waals surface area contributed by atoms with Crippen molar-refractivity contribution >= 4 is 17.3 Å². The highest BCUT2D eigenvalue weighted by atomic mass is 19.1. The van der Waals surface area contributed by atoms with Gasteiger partial charge in [-0.25, -0.2) is 4.39 Å². The van der Waals surface area contributed by atoms with Crippen LogP contribution >= 0.6 is 0 Å². The van der Waals surface area contributed by atoms with Gasteiger partial charge in [0.15, 0.2) is 0 Å². The van der Waals surface area contributed by atoms with Crippen LogP contribution in [0.3, 0.4) is 0 Å². The summed E-state index contributed by atoms with van der Waals surface area (Å²) >= 11 is 0. The number of carbonyl (C=O) groups is 1. The van der Waals surface area contributed by atoms with E-state index in [0.717, 1.165) is 29.9 Å². The van der Waals surface area contributed by atoms with Crippen molar-refractivity contribution in [1.82, 2.24) is 9.80 Å². The van der Waals surface area contributed by atoms with E-state index in [1.165, 1.54) is 12.1 Å². The van der Waals surface area contributed by atoms with Gasteiger partial charge in [-0.15, -0.1) is 0 Å². The van der Waals surface area contributed by atoms with Crippen LogP contribution in [0.25, 0.3) is 0 Å². The van der Waals surface area contributed by atoms with Crippen LogP contribution in [0, 0.1) is 21.8 Å². The van der Waals surface area contributed by atoms with Gasteiger partial charge in [0.2, 0.25) is 5.91 Å². The van der Waals surface area contributed by atoms with E-state index in [9.17, 15) is 19.3 Å². The molecular weight excluding hydrogens is 451 g/mol. The van der Waals surface area contributed by atoms with Crippen molar-refractivity contribution in [3.8, 4) is 0 Å². The highest BCUT2D eigenvalue weighted by molar-refractivity contribution is 5.82. The summed E-state index contributed by atoms with van der Waals surface area (Å²) in [5, 5.41) is 11.4. The molecule has 0 saturated carbocycles. The molecule has 186 valence electrons. The second-order valence-corrected chi connectivity index (χ2v) is 10.0. The molecule has 2 saturated heterocycles. The van der Waals surface area contributed by atoms with Crippen molar-refractivity contribution in [2.75, 3.05) is 37.6 Å². The zero-order valence-electron chi connectivity index (χ0n) is 20.1. The number of hydrogen-bond acceptors (Lipinski definition) is 6. The van der Waals surface area contributed by atoms with Crippen LogP contribution in [0.15, 0.2) is 42.5 Å². The molecule has 9 heteroatoms. The van der Waals surface area contributed by atoms with Crippen LogP contribution in [0.2, 0.25) is 0 Å². The van der Waals surface area contributed by atoms with E-state index in [1.807, 2.05) is 24.8 Å². The minimum absolute atomic E-state index is 0.0305. The molecule has 3 aliphatic rings. The van der Waals surface area contributed by atoms with Crippen molar-refractivity contribution in [3.63, 3.8) is 0 Å². The lowest BCUT2D eigenvalue weighted by Gasteiger charge is -2.50. The number of benzene rings is 2. The first-order valence-electron chi connectivity index (χ1n) is 12.2. The first kappa shape index (κ1) is 23.7. The number of nitro benzene ring substituents is 1. The standard InChI is InChI=1S/C26H31FN4O4/c1-17-13-29(14-18(2)35-17)26(32)23-12-20-11-22(31(33)34)7-8-24(20)30-10-9-28(16-25(23)30)15-19-3-5-21(27)6-4-19/h3-8,11,17-18,23,25H,9-10,12-16H2,1-2H3/t17-,18+,23-,25-/m1/s1. The number of hydrogen-bond donors (Lipinski definition) is 0. The van der Waals surface area contributed by atoms with E-state index in [2.05, 4.69) is 9.80 Å². The Bertz CT molecular complexity index is 1100. The molecule has 3 heterocycles. The van der Waals surface area contributed by atoms with Crippen molar-refractivity contribution < 1.29 is 18.8 Å². The number of amides is 1. The smallest absolute Gasteiger partial charge is 0.269 e. The number of non-ortho nitro benzene ring substituents is 1. The van der Waals surface area contributed by atoms with Crippen LogP contribution < -0.4 is 4.90 Å². The summed E-state index contributed by atoms with van der Waals surface area (Å²) < 4.78 is 19.2. The maximum absolute atomic E-state index is 13.9. The molecule has 4 atom stereocenters. The molecule has 0 aromatic heterocycles. The van der Waals surface area contributed by atoms with Crippen molar-refractivity contribution in [3.05, 3.63) is 69.5 Å². The van der Waals surface area contributed by atoms with Crippen LogP contribution in [0.4, 0.5) is 15.8 Å². The first-order chi connectivity index (χ1) is 16.8. The number of nitrogens with zero attached hydrogens (tertiary/aromatic N) is 4. The second kappa shape index (κ2) is 9.54. The molecule has 0 unspecified atom stereocenters. The molecule has 0 aliphatic carbocycles. The highest BCUT2D eigenvalue weighted by Gasteiger charge is 2.44. The SMILES string of the molecule is C[C@@H]1CN(C(=O)[C@@H]2Cc3cc([N+](=O)[O-])ccc3N3CCN(Cc4ccc(F)cc4)C[C@H]23)C[C@H](C)O1. The average molecular weight is 483 g/mol. The van der Waals surface area contributed by atoms with Crippen molar-refractivity contribution in [2.45, 2.75) is 45.1 Å². The lowest BCUT2D eigenvalue weighted by molar-refractivity contribution is -0.384. The molecule has 0 N–H and O–H groups in total. The number of nitro groups is 1. The molecule has 2 aromatic carbocycles. The lowest BCUT2D eigenvalue weighted by Crippen LogP contribution is -2.62. The topological polar surface area (TPSA) is 79.2 Å². The van der Waals surface area contributed by atoms with Gasteiger partial charge in [0.25, 0.3) is 5.69 Å². The zero-order chi connectivity index (χ0) is 24.7. The van der Waals surface area contributed by atoms with E-state index < -0.39 is 0 Å². The molecule has 0 radical (unpaired) electrons. The zero-order valence-corrected chi connectivity index (χ0v) is 20.1. The molecular formula is C26H31FN4O4. The van der Waals surface area contributed by atoms with Gasteiger partial charge in [0.1, 0.15) is 5.82 Å². The molecule has 8 nitrogen and oxygen atoms in total. The number of carbonyl (C=O) groups excluding carboxylic acids is 1. The molecule has 2 aromatic rings. The molecule has 5 rings (SSSR count). The number of fused-ring (bicyclic) bond motifs is 3. The maximum atomic E-state index is 13.9. The van der Waals surface area contributed by atoms with Gasteiger partial charge in [-0.05, 0) is 49.6 Å². The van der Waals surface area contributed by atoms with Gasteiger partial charge in [-0.2, -0.15) is 0 Å². The molecule has 1 amide bonds. The molecule has 35 heavy (non-hydrogen) atoms. The van der Waals surface area contributed by atoms with Gasteiger partial charge < -0.3 is 14.5 Å². The minimum Gasteiger partial charge on any atom is -0.372 e. The van der Waals surface area contributed by atoms with Crippen LogP contribution in [-0.4, -0.2) is 71.6 Å². The summed E-state index contributed by atoms with van der Waals surface area (Å²) in [6.07, 6.45) is 0.413. The minimum atomic E-state index is -0.380. The quantitative estimate of drug-likeness (QED) is 0.492. The van der Waals surface area contributed by atoms with E-state index in [-0.39, 0.29) is 46.5 Å². The molecule has 3 aliphatic heterocycles. The number of halogens is 1. The normalized spacial score (nSPS) is 26.7. The average Bonchev–Trinajstić information content (AvgIpc) is 2.83. The van der Waals surface area contributed by atoms with E-state index >= 15 is 0 Å². The molecule has 0 spiro atoms. The summed E-state index contributed by atoms with van der Waals surface area (Å²) in [5.41, 5.74) is 2.92. The number of rotatable bonds is 4. The molecule has 2 fully saturated rings. The fourth-order valence-electron chi connectivity index (χ4n) is 5.85. The largest absolute Gasteiger partial charge is 0.372 e. The summed E-state index contributed by atoms with van der Waals surface area (Å²) in [4.78, 5) is 31.4. The van der Waals surface area contributed by atoms with Crippen LogP contribution in [0.1, 0.15) is 25.0 Å². The number of ether oxygens (including phenoxy) is 1. The molecule has 0 bridgehead atoms. The summed E-state index contributed by atoms with van der Waals surface area (Å²) in [6.45, 7) is 7.94. The van der Waals surface area contributed by atoms with Gasteiger partial charge >= 0.3 is 0 Å². The lowest BCUT2D eigenvalue weighted by atomic mass is 9.82. The third-order valence-corrected chi connectivity index (χ3v) is 7.36. The Kier molecular flexibility index (Phi) is 6.46. The van der Waals surface area contributed by atoms with E-state index in [0.29, 0.717) is 32.6 Å². The van der Waals surface area contributed by atoms with Crippen molar-refractivity contribution in [1.29, 1.82) is 0 Å². The number of piperazine rings is 1. The maximum Gasteiger partial charge on any atom is 0.269 e. The van der Waals surface area contributed by atoms with Gasteiger partial charge in [-0.1, -0.05) is 12.1 Å². The first-order valence-corrected chi connectivity index (χ1v) is 12.2. The predicted octanol–water partition coefficient (Wildman–Crippen LogP) is 3.23. The predicted molar refractivity (Wildman–Crippen MR) is 130 cm³/mol. The summed E-state index contributed by atoms with van der Waals surface area (Å²) in [6, 6.07) is 11.5. The Morgan fingerprint density at radius 3 is 2.49 bits per heavy atom. The van der Waals surface area contributed by atoms with E-state index in [4.69, 9.17) is 4.74 Å². The number of anilines is 1. The third-order valence-electron chi connectivity index (χ3n) is 7.36. The Labute approximate surface area is 204 Å². The Hall–Kier alpha value is -3.04. The Morgan fingerprint density at radius 2 is 1.80 bits per heavy atom. The Morgan fingerprint density at radius 1 is 1.09 bits per heavy atom. The summed E-state index contributed by atoms with van der Waals surface area (Å²) in [7, 11) is 0. The van der Waals surface area contributed by atoms with Gasteiger partial charge in [-0.3, -0.25) is 19.8 Å². The van der Waals surface area contributed by atoms with Crippen LogP contribution in [0.5, 0.6) is 0 Å². The van der Waals surface area contributed by atoms with E-state index in [1.54, 1.807) is 24.3 Å². The van der Waals surface area contributed by atoms with Crippen molar-refractivity contribution in [2.24, 2.45) is 5.92 Å². The summed E-state index contributed by atoms with van der Waals surface area (Å²) in [5.74, 6) is -0.475. The fraction of sp³-hybridized carbons (Fsp3) is 0.500. The van der Waals surface area contributed by atoms with Gasteiger partial charge in [0, 0.05) is 57.1 Å². The number of morpholine rings is 1. The second-order valence-electron chi connectivity index (χ2n) is 10.0. The fourth-order valence-corrected chi connectivity index (χ4v) is 5.85. The monoisotopic (exact) mass is 482 g/mol. The third kappa shape index (κ3) is 4.88.